The lowest BCUT2D eigenvalue weighted by molar-refractivity contribution is 0.0527. The summed E-state index contributed by atoms with van der Waals surface area (Å²) in [6, 6.07) is 11.1. The van der Waals surface area contributed by atoms with Crippen LogP contribution in [0.2, 0.25) is 0 Å². The summed E-state index contributed by atoms with van der Waals surface area (Å²) in [5, 5.41) is 6.44. The van der Waals surface area contributed by atoms with Crippen LogP contribution in [0.25, 0.3) is 0 Å². The highest BCUT2D eigenvalue weighted by Gasteiger charge is 2.15. The molecule has 0 bridgehead atoms. The SMILES string of the molecule is C.CC(CCCCNC(=O)OC(C)(C)C)CNC(C)Cc1ccccc1. The van der Waals surface area contributed by atoms with Gasteiger partial charge in [-0.05, 0) is 65.0 Å². The van der Waals surface area contributed by atoms with E-state index in [1.54, 1.807) is 0 Å². The number of carbonyl (C=O) groups excluding carboxylic acids is 1. The van der Waals surface area contributed by atoms with E-state index in [1.165, 1.54) is 12.0 Å². The van der Waals surface area contributed by atoms with Gasteiger partial charge in [-0.1, -0.05) is 51.1 Å². The molecule has 0 aromatic heterocycles. The van der Waals surface area contributed by atoms with Crippen LogP contribution in [0.5, 0.6) is 0 Å². The summed E-state index contributed by atoms with van der Waals surface area (Å²) in [4.78, 5) is 11.5. The Bertz CT molecular complexity index is 483. The first-order valence-electron chi connectivity index (χ1n) is 9.50. The highest BCUT2D eigenvalue weighted by atomic mass is 16.6. The molecule has 1 aromatic rings. The van der Waals surface area contributed by atoms with Crippen LogP contribution in [-0.2, 0) is 11.2 Å². The molecule has 0 saturated carbocycles. The molecule has 150 valence electrons. The van der Waals surface area contributed by atoms with Crippen molar-refractivity contribution >= 4 is 6.09 Å². The van der Waals surface area contributed by atoms with E-state index in [-0.39, 0.29) is 13.5 Å². The Kier molecular flexibility index (Phi) is 12.0. The van der Waals surface area contributed by atoms with Gasteiger partial charge in [-0.3, -0.25) is 0 Å². The van der Waals surface area contributed by atoms with Crippen molar-refractivity contribution in [3.05, 3.63) is 35.9 Å². The summed E-state index contributed by atoms with van der Waals surface area (Å²) in [6.07, 6.45) is 4.01. The van der Waals surface area contributed by atoms with E-state index in [0.717, 1.165) is 25.8 Å². The smallest absolute Gasteiger partial charge is 0.407 e. The van der Waals surface area contributed by atoms with Crippen molar-refractivity contribution in [3.63, 3.8) is 0 Å². The van der Waals surface area contributed by atoms with Gasteiger partial charge >= 0.3 is 6.09 Å². The van der Waals surface area contributed by atoms with E-state index < -0.39 is 5.60 Å². The van der Waals surface area contributed by atoms with Gasteiger partial charge < -0.3 is 15.4 Å². The summed E-state index contributed by atoms with van der Waals surface area (Å²) < 4.78 is 5.22. The minimum absolute atomic E-state index is 0. The fourth-order valence-corrected chi connectivity index (χ4v) is 2.67. The molecule has 4 heteroatoms. The molecular formula is C22H40N2O2. The number of hydrogen-bond donors (Lipinski definition) is 2. The number of rotatable bonds is 10. The van der Waals surface area contributed by atoms with Crippen molar-refractivity contribution in [1.82, 2.24) is 10.6 Å². The van der Waals surface area contributed by atoms with E-state index >= 15 is 0 Å². The Balaban J connectivity index is 0.00000625. The molecule has 1 aromatic carbocycles. The molecule has 0 aliphatic carbocycles. The van der Waals surface area contributed by atoms with Gasteiger partial charge in [-0.15, -0.1) is 0 Å². The van der Waals surface area contributed by atoms with Gasteiger partial charge in [0.05, 0.1) is 0 Å². The lowest BCUT2D eigenvalue weighted by Crippen LogP contribution is -2.33. The molecule has 0 saturated heterocycles. The molecule has 4 nitrogen and oxygen atoms in total. The van der Waals surface area contributed by atoms with Crippen LogP contribution in [0.3, 0.4) is 0 Å². The van der Waals surface area contributed by atoms with Crippen LogP contribution in [0.15, 0.2) is 30.3 Å². The van der Waals surface area contributed by atoms with Gasteiger partial charge in [0.25, 0.3) is 0 Å². The molecule has 26 heavy (non-hydrogen) atoms. The van der Waals surface area contributed by atoms with Crippen molar-refractivity contribution in [3.8, 4) is 0 Å². The maximum absolute atomic E-state index is 11.5. The van der Waals surface area contributed by atoms with E-state index in [4.69, 9.17) is 4.74 Å². The van der Waals surface area contributed by atoms with Crippen molar-refractivity contribution < 1.29 is 9.53 Å². The first-order valence-corrected chi connectivity index (χ1v) is 9.50. The number of alkyl carbamates (subject to hydrolysis) is 1. The maximum Gasteiger partial charge on any atom is 0.407 e. The quantitative estimate of drug-likeness (QED) is 0.563. The predicted octanol–water partition coefficient (Wildman–Crippen LogP) is 5.17. The van der Waals surface area contributed by atoms with Crippen LogP contribution >= 0.6 is 0 Å². The third-order valence-electron chi connectivity index (χ3n) is 3.99. The van der Waals surface area contributed by atoms with Crippen molar-refractivity contribution in [1.29, 1.82) is 0 Å². The molecule has 2 atom stereocenters. The summed E-state index contributed by atoms with van der Waals surface area (Å²) in [6.45, 7) is 11.9. The summed E-state index contributed by atoms with van der Waals surface area (Å²) in [5.41, 5.74) is 0.948. The standard InChI is InChI=1S/C21H36N2O2.CH4/c1-17(11-9-10-14-22-20(24)25-21(3,4)5)16-23-18(2)15-19-12-7-6-8-13-19;/h6-8,12-13,17-18,23H,9-11,14-16H2,1-5H3,(H,22,24);1H4. The zero-order valence-electron chi connectivity index (χ0n) is 16.6. The second-order valence-electron chi connectivity index (χ2n) is 8.03. The highest BCUT2D eigenvalue weighted by molar-refractivity contribution is 5.67. The number of carbonyl (C=O) groups is 1. The van der Waals surface area contributed by atoms with Crippen LogP contribution in [0.1, 0.15) is 66.9 Å². The summed E-state index contributed by atoms with van der Waals surface area (Å²) in [5.74, 6) is 0.639. The lowest BCUT2D eigenvalue weighted by atomic mass is 10.0. The van der Waals surface area contributed by atoms with Crippen LogP contribution < -0.4 is 10.6 Å². The Morgan fingerprint density at radius 1 is 1.12 bits per heavy atom. The van der Waals surface area contributed by atoms with E-state index in [9.17, 15) is 4.79 Å². The van der Waals surface area contributed by atoms with Gasteiger partial charge in [0.15, 0.2) is 0 Å². The average molecular weight is 365 g/mol. The second kappa shape index (κ2) is 12.7. The minimum atomic E-state index is -0.430. The topological polar surface area (TPSA) is 50.4 Å². The molecular weight excluding hydrogens is 324 g/mol. The van der Waals surface area contributed by atoms with Crippen molar-refractivity contribution in [2.45, 2.75) is 79.4 Å². The third kappa shape index (κ3) is 12.8. The molecule has 2 unspecified atom stereocenters. The fourth-order valence-electron chi connectivity index (χ4n) is 2.67. The summed E-state index contributed by atoms with van der Waals surface area (Å²) in [7, 11) is 0. The Labute approximate surface area is 161 Å². The zero-order chi connectivity index (χ0) is 18.7. The molecule has 0 radical (unpaired) electrons. The first-order chi connectivity index (χ1) is 11.8. The number of benzene rings is 1. The second-order valence-corrected chi connectivity index (χ2v) is 8.03. The van der Waals surface area contributed by atoms with E-state index in [1.807, 2.05) is 20.8 Å². The Morgan fingerprint density at radius 2 is 1.77 bits per heavy atom. The molecule has 2 N–H and O–H groups in total. The molecule has 0 heterocycles. The number of amides is 1. The van der Waals surface area contributed by atoms with Crippen LogP contribution in [0.4, 0.5) is 4.79 Å². The number of ether oxygens (including phenoxy) is 1. The summed E-state index contributed by atoms with van der Waals surface area (Å²) >= 11 is 0. The predicted molar refractivity (Wildman–Crippen MR) is 112 cm³/mol. The van der Waals surface area contributed by atoms with Crippen LogP contribution in [-0.4, -0.2) is 30.8 Å². The first kappa shape index (κ1) is 24.5. The highest BCUT2D eigenvalue weighted by Crippen LogP contribution is 2.09. The average Bonchev–Trinajstić information content (AvgIpc) is 2.52. The molecule has 1 rings (SSSR count). The largest absolute Gasteiger partial charge is 0.444 e. The zero-order valence-corrected chi connectivity index (χ0v) is 16.6. The fraction of sp³-hybridized carbons (Fsp3) is 0.682. The number of unbranched alkanes of at least 4 members (excludes halogenated alkanes) is 1. The normalized spacial score (nSPS) is 13.4. The third-order valence-corrected chi connectivity index (χ3v) is 3.99. The van der Waals surface area contributed by atoms with Gasteiger partial charge in [-0.2, -0.15) is 0 Å². The molecule has 0 spiro atoms. The Hall–Kier alpha value is -1.55. The van der Waals surface area contributed by atoms with E-state index in [2.05, 4.69) is 54.8 Å². The molecule has 0 fully saturated rings. The van der Waals surface area contributed by atoms with Crippen molar-refractivity contribution in [2.75, 3.05) is 13.1 Å². The van der Waals surface area contributed by atoms with Gasteiger partial charge in [0.2, 0.25) is 0 Å². The van der Waals surface area contributed by atoms with Gasteiger partial charge in [0, 0.05) is 12.6 Å². The number of hydrogen-bond acceptors (Lipinski definition) is 3. The molecule has 0 aliphatic rings. The monoisotopic (exact) mass is 364 g/mol. The van der Waals surface area contributed by atoms with Gasteiger partial charge in [0.1, 0.15) is 5.60 Å². The van der Waals surface area contributed by atoms with Gasteiger partial charge in [-0.25, -0.2) is 4.79 Å². The van der Waals surface area contributed by atoms with Crippen LogP contribution in [0, 0.1) is 5.92 Å². The van der Waals surface area contributed by atoms with E-state index in [0.29, 0.717) is 18.5 Å². The maximum atomic E-state index is 11.5. The van der Waals surface area contributed by atoms with Crippen molar-refractivity contribution in [2.24, 2.45) is 5.92 Å². The number of nitrogens with one attached hydrogen (secondary N) is 2. The Morgan fingerprint density at radius 3 is 2.38 bits per heavy atom. The molecule has 1 amide bonds. The minimum Gasteiger partial charge on any atom is -0.444 e. The lowest BCUT2D eigenvalue weighted by Gasteiger charge is -2.20. The molecule has 0 aliphatic heterocycles.